The van der Waals surface area contributed by atoms with E-state index in [1.54, 1.807) is 12.1 Å². The van der Waals surface area contributed by atoms with Gasteiger partial charge in [0.15, 0.2) is 0 Å². The summed E-state index contributed by atoms with van der Waals surface area (Å²) in [5, 5.41) is 11.0. The fourth-order valence-electron chi connectivity index (χ4n) is 1.95. The Morgan fingerprint density at radius 1 is 1.15 bits per heavy atom. The van der Waals surface area contributed by atoms with E-state index in [0.717, 1.165) is 5.69 Å². The van der Waals surface area contributed by atoms with Gasteiger partial charge >= 0.3 is 0 Å². The van der Waals surface area contributed by atoms with E-state index in [1.807, 2.05) is 42.3 Å². The zero-order chi connectivity index (χ0) is 14.7. The molecule has 0 aliphatic carbocycles. The summed E-state index contributed by atoms with van der Waals surface area (Å²) in [4.78, 5) is 1.96. The minimum absolute atomic E-state index is 0.334. The molecule has 1 atom stereocenters. The number of nitrogen functional groups attached to an aromatic ring is 1. The van der Waals surface area contributed by atoms with Crippen molar-refractivity contribution in [1.82, 2.24) is 0 Å². The van der Waals surface area contributed by atoms with Crippen LogP contribution in [0, 0.1) is 0 Å². The topological polar surface area (TPSA) is 49.5 Å². The number of hydrogen-bond donors (Lipinski definition) is 2. The van der Waals surface area contributed by atoms with Gasteiger partial charge in [-0.15, -0.1) is 0 Å². The van der Waals surface area contributed by atoms with Gasteiger partial charge in [-0.1, -0.05) is 41.4 Å². The van der Waals surface area contributed by atoms with E-state index in [2.05, 4.69) is 0 Å². The molecule has 2 rings (SSSR count). The number of likely N-dealkylation sites (N-methyl/N-ethyl adjacent to an activating group) is 1. The summed E-state index contributed by atoms with van der Waals surface area (Å²) < 4.78 is 0. The Labute approximate surface area is 128 Å². The molecule has 0 aliphatic heterocycles. The monoisotopic (exact) mass is 310 g/mol. The summed E-state index contributed by atoms with van der Waals surface area (Å²) in [6, 6.07) is 13.1. The number of benzene rings is 2. The Bertz CT molecular complexity index is 567. The molecular formula is C15H16Cl2N2O. The maximum absolute atomic E-state index is 10.3. The van der Waals surface area contributed by atoms with E-state index in [9.17, 15) is 5.11 Å². The fraction of sp³-hybridized carbons (Fsp3) is 0.200. The van der Waals surface area contributed by atoms with Crippen LogP contribution in [0.5, 0.6) is 0 Å². The lowest BCUT2D eigenvalue weighted by Gasteiger charge is -2.23. The molecule has 0 radical (unpaired) electrons. The molecule has 0 heterocycles. The largest absolute Gasteiger partial charge is 0.396 e. The Kier molecular flexibility index (Phi) is 4.76. The van der Waals surface area contributed by atoms with Crippen LogP contribution in [0.2, 0.25) is 10.0 Å². The van der Waals surface area contributed by atoms with E-state index in [1.165, 1.54) is 0 Å². The van der Waals surface area contributed by atoms with Gasteiger partial charge in [0.25, 0.3) is 0 Å². The molecular weight excluding hydrogens is 295 g/mol. The standard InChI is InChI=1S/C15H16Cl2N2O/c1-19(11-5-3-2-4-6-11)9-14(20)10-7-12(16)15(18)13(17)8-10/h2-8,14,20H,9,18H2,1H3. The maximum atomic E-state index is 10.3. The van der Waals surface area contributed by atoms with Crippen molar-refractivity contribution in [3.63, 3.8) is 0 Å². The van der Waals surface area contributed by atoms with Crippen LogP contribution in [0.4, 0.5) is 11.4 Å². The SMILES string of the molecule is CN(CC(O)c1cc(Cl)c(N)c(Cl)c1)c1ccccc1. The molecule has 3 nitrogen and oxygen atoms in total. The second kappa shape index (κ2) is 6.35. The summed E-state index contributed by atoms with van der Waals surface area (Å²) in [6.45, 7) is 0.431. The van der Waals surface area contributed by atoms with Crippen LogP contribution < -0.4 is 10.6 Å². The van der Waals surface area contributed by atoms with E-state index < -0.39 is 6.10 Å². The van der Waals surface area contributed by atoms with Gasteiger partial charge in [-0.3, -0.25) is 0 Å². The van der Waals surface area contributed by atoms with Gasteiger partial charge in [-0.25, -0.2) is 0 Å². The molecule has 0 spiro atoms. The van der Waals surface area contributed by atoms with Crippen molar-refractivity contribution in [2.75, 3.05) is 24.2 Å². The minimum Gasteiger partial charge on any atom is -0.396 e. The highest BCUT2D eigenvalue weighted by molar-refractivity contribution is 6.38. The van der Waals surface area contributed by atoms with Crippen LogP contribution in [-0.2, 0) is 0 Å². The van der Waals surface area contributed by atoms with E-state index in [-0.39, 0.29) is 0 Å². The van der Waals surface area contributed by atoms with Crippen molar-refractivity contribution in [3.8, 4) is 0 Å². The van der Waals surface area contributed by atoms with Gasteiger partial charge in [0.1, 0.15) is 0 Å². The van der Waals surface area contributed by atoms with Gasteiger partial charge in [0, 0.05) is 19.3 Å². The van der Waals surface area contributed by atoms with Crippen LogP contribution >= 0.6 is 23.2 Å². The maximum Gasteiger partial charge on any atom is 0.0965 e. The van der Waals surface area contributed by atoms with E-state index >= 15 is 0 Å². The number of anilines is 2. The molecule has 0 saturated carbocycles. The van der Waals surface area contributed by atoms with Crippen molar-refractivity contribution >= 4 is 34.6 Å². The zero-order valence-corrected chi connectivity index (χ0v) is 12.6. The first-order valence-electron chi connectivity index (χ1n) is 6.17. The molecule has 0 aromatic heterocycles. The Morgan fingerprint density at radius 3 is 2.25 bits per heavy atom. The predicted octanol–water partition coefficient (Wildman–Crippen LogP) is 3.75. The van der Waals surface area contributed by atoms with Crippen molar-refractivity contribution in [3.05, 3.63) is 58.1 Å². The summed E-state index contributed by atoms with van der Waals surface area (Å²) in [7, 11) is 1.92. The van der Waals surface area contributed by atoms with Crippen molar-refractivity contribution in [2.24, 2.45) is 0 Å². The Morgan fingerprint density at radius 2 is 1.70 bits per heavy atom. The number of hydrogen-bond acceptors (Lipinski definition) is 3. The summed E-state index contributed by atoms with van der Waals surface area (Å²) >= 11 is 12.0. The normalized spacial score (nSPS) is 12.2. The van der Waals surface area contributed by atoms with Crippen LogP contribution in [0.25, 0.3) is 0 Å². The third-order valence-corrected chi connectivity index (χ3v) is 3.76. The van der Waals surface area contributed by atoms with Crippen LogP contribution in [-0.4, -0.2) is 18.7 Å². The third kappa shape index (κ3) is 3.37. The number of nitrogens with zero attached hydrogens (tertiary/aromatic N) is 1. The highest BCUT2D eigenvalue weighted by atomic mass is 35.5. The highest BCUT2D eigenvalue weighted by Gasteiger charge is 2.14. The van der Waals surface area contributed by atoms with Crippen LogP contribution in [0.15, 0.2) is 42.5 Å². The first-order chi connectivity index (χ1) is 9.49. The van der Waals surface area contributed by atoms with Crippen molar-refractivity contribution < 1.29 is 5.11 Å². The van der Waals surface area contributed by atoms with Gasteiger partial charge < -0.3 is 15.7 Å². The summed E-state index contributed by atoms with van der Waals surface area (Å²) in [6.07, 6.45) is -0.698. The average molecular weight is 311 g/mol. The molecule has 0 amide bonds. The number of aliphatic hydroxyl groups excluding tert-OH is 1. The number of halogens is 2. The number of rotatable bonds is 4. The zero-order valence-electron chi connectivity index (χ0n) is 11.1. The molecule has 2 aromatic rings. The lowest BCUT2D eigenvalue weighted by Crippen LogP contribution is -2.24. The molecule has 0 saturated heterocycles. The quantitative estimate of drug-likeness (QED) is 0.846. The summed E-state index contributed by atoms with van der Waals surface area (Å²) in [5.74, 6) is 0. The van der Waals surface area contributed by atoms with Gasteiger partial charge in [0.05, 0.1) is 21.8 Å². The average Bonchev–Trinajstić information content (AvgIpc) is 2.45. The molecule has 3 N–H and O–H groups in total. The highest BCUT2D eigenvalue weighted by Crippen LogP contribution is 2.31. The van der Waals surface area contributed by atoms with Crippen LogP contribution in [0.1, 0.15) is 11.7 Å². The first-order valence-corrected chi connectivity index (χ1v) is 6.93. The molecule has 20 heavy (non-hydrogen) atoms. The Balaban J connectivity index is 2.14. The Hall–Kier alpha value is -1.42. The minimum atomic E-state index is -0.698. The molecule has 0 aliphatic rings. The molecule has 2 aromatic carbocycles. The van der Waals surface area contributed by atoms with Crippen molar-refractivity contribution in [2.45, 2.75) is 6.10 Å². The lowest BCUT2D eigenvalue weighted by molar-refractivity contribution is 0.185. The molecule has 5 heteroatoms. The third-order valence-electron chi connectivity index (χ3n) is 3.13. The van der Waals surface area contributed by atoms with Gasteiger partial charge in [-0.05, 0) is 29.8 Å². The number of para-hydroxylation sites is 1. The van der Waals surface area contributed by atoms with Gasteiger partial charge in [-0.2, -0.15) is 0 Å². The second-order valence-electron chi connectivity index (χ2n) is 4.63. The number of nitrogens with two attached hydrogens (primary N) is 1. The fourth-order valence-corrected chi connectivity index (χ4v) is 2.45. The van der Waals surface area contributed by atoms with Gasteiger partial charge in [0.2, 0.25) is 0 Å². The lowest BCUT2D eigenvalue weighted by atomic mass is 10.1. The van der Waals surface area contributed by atoms with E-state index in [4.69, 9.17) is 28.9 Å². The predicted molar refractivity (Wildman–Crippen MR) is 85.5 cm³/mol. The van der Waals surface area contributed by atoms with Crippen molar-refractivity contribution in [1.29, 1.82) is 0 Å². The summed E-state index contributed by atoms with van der Waals surface area (Å²) in [5.41, 5.74) is 7.70. The molecule has 0 fully saturated rings. The number of aliphatic hydroxyl groups is 1. The molecule has 0 bridgehead atoms. The van der Waals surface area contributed by atoms with Crippen LogP contribution in [0.3, 0.4) is 0 Å². The molecule has 1 unspecified atom stereocenters. The second-order valence-corrected chi connectivity index (χ2v) is 5.44. The smallest absolute Gasteiger partial charge is 0.0965 e. The van der Waals surface area contributed by atoms with E-state index in [0.29, 0.717) is 27.8 Å². The first kappa shape index (κ1) is 15.0. The molecule has 106 valence electrons.